The second-order valence-electron chi connectivity index (χ2n) is 4.90. The van der Waals surface area contributed by atoms with Gasteiger partial charge in [0.05, 0.1) is 5.52 Å². The SMILES string of the molecule is Cn1nc(COc2ccc(OC(F)(F)F)cc2)c2cnc(Cl)cc21. The van der Waals surface area contributed by atoms with E-state index in [2.05, 4.69) is 14.8 Å². The van der Waals surface area contributed by atoms with Gasteiger partial charge in [0.25, 0.3) is 0 Å². The van der Waals surface area contributed by atoms with Gasteiger partial charge in [-0.3, -0.25) is 4.68 Å². The number of benzene rings is 1. The third-order valence-corrected chi connectivity index (χ3v) is 3.42. The van der Waals surface area contributed by atoms with Crippen LogP contribution in [0, 0.1) is 0 Å². The molecule has 3 rings (SSSR count). The summed E-state index contributed by atoms with van der Waals surface area (Å²) in [6.45, 7) is 0.139. The number of ether oxygens (including phenoxy) is 2. The largest absolute Gasteiger partial charge is 0.573 e. The van der Waals surface area contributed by atoms with Crippen molar-refractivity contribution < 1.29 is 22.6 Å². The zero-order valence-electron chi connectivity index (χ0n) is 12.3. The van der Waals surface area contributed by atoms with Crippen LogP contribution in [-0.4, -0.2) is 21.1 Å². The number of halogens is 4. The normalized spacial score (nSPS) is 11.7. The monoisotopic (exact) mass is 357 g/mol. The van der Waals surface area contributed by atoms with E-state index in [1.165, 1.54) is 24.3 Å². The molecule has 2 heterocycles. The molecule has 3 aromatic rings. The van der Waals surface area contributed by atoms with E-state index in [4.69, 9.17) is 16.3 Å². The number of aromatic nitrogens is 3. The number of rotatable bonds is 4. The highest BCUT2D eigenvalue weighted by atomic mass is 35.5. The van der Waals surface area contributed by atoms with Crippen LogP contribution in [0.1, 0.15) is 5.69 Å². The Morgan fingerprint density at radius 3 is 2.50 bits per heavy atom. The first-order chi connectivity index (χ1) is 11.3. The van der Waals surface area contributed by atoms with Gasteiger partial charge in [-0.2, -0.15) is 5.10 Å². The standard InChI is InChI=1S/C15H11ClF3N3O2/c1-22-13-6-14(16)20-7-11(13)12(21-22)8-23-9-2-4-10(5-3-9)24-15(17,18)19/h2-7H,8H2,1H3. The summed E-state index contributed by atoms with van der Waals surface area (Å²) in [6.07, 6.45) is -3.12. The molecular weight excluding hydrogens is 347 g/mol. The van der Waals surface area contributed by atoms with Crippen molar-refractivity contribution in [2.24, 2.45) is 7.05 Å². The Morgan fingerprint density at radius 1 is 1.17 bits per heavy atom. The second kappa shape index (κ2) is 6.20. The van der Waals surface area contributed by atoms with E-state index in [-0.39, 0.29) is 12.4 Å². The summed E-state index contributed by atoms with van der Waals surface area (Å²) < 4.78 is 47.3. The maximum Gasteiger partial charge on any atom is 0.573 e. The molecule has 0 saturated heterocycles. The summed E-state index contributed by atoms with van der Waals surface area (Å²) in [5, 5.41) is 5.48. The lowest BCUT2D eigenvalue weighted by atomic mass is 10.2. The van der Waals surface area contributed by atoms with Crippen LogP contribution in [0.3, 0.4) is 0 Å². The van der Waals surface area contributed by atoms with E-state index in [1.54, 1.807) is 24.0 Å². The van der Waals surface area contributed by atoms with Crippen LogP contribution in [0.15, 0.2) is 36.5 Å². The van der Waals surface area contributed by atoms with Gasteiger partial charge in [-0.25, -0.2) is 4.98 Å². The molecule has 0 bridgehead atoms. The van der Waals surface area contributed by atoms with Gasteiger partial charge >= 0.3 is 6.36 Å². The average molecular weight is 358 g/mol. The summed E-state index contributed by atoms with van der Waals surface area (Å²) in [4.78, 5) is 4.02. The highest BCUT2D eigenvalue weighted by Gasteiger charge is 2.30. The van der Waals surface area contributed by atoms with Crippen LogP contribution >= 0.6 is 11.6 Å². The molecule has 24 heavy (non-hydrogen) atoms. The Labute approximate surface area is 139 Å². The van der Waals surface area contributed by atoms with E-state index in [1.807, 2.05) is 0 Å². The molecule has 0 N–H and O–H groups in total. The number of fused-ring (bicyclic) bond motifs is 1. The zero-order chi connectivity index (χ0) is 17.3. The minimum atomic E-state index is -4.72. The van der Waals surface area contributed by atoms with E-state index in [9.17, 15) is 13.2 Å². The minimum Gasteiger partial charge on any atom is -0.487 e. The average Bonchev–Trinajstić information content (AvgIpc) is 2.81. The van der Waals surface area contributed by atoms with Crippen molar-refractivity contribution in [3.63, 3.8) is 0 Å². The van der Waals surface area contributed by atoms with Crippen molar-refractivity contribution >= 4 is 22.5 Å². The van der Waals surface area contributed by atoms with Crippen LogP contribution in [0.2, 0.25) is 5.15 Å². The van der Waals surface area contributed by atoms with Crippen LogP contribution in [-0.2, 0) is 13.7 Å². The molecule has 2 aromatic heterocycles. The Kier molecular flexibility index (Phi) is 4.23. The first-order valence-corrected chi connectivity index (χ1v) is 7.15. The lowest BCUT2D eigenvalue weighted by molar-refractivity contribution is -0.274. The van der Waals surface area contributed by atoms with Crippen LogP contribution in [0.4, 0.5) is 13.2 Å². The lowest BCUT2D eigenvalue weighted by Gasteiger charge is -2.09. The third kappa shape index (κ3) is 3.70. The maximum atomic E-state index is 12.1. The van der Waals surface area contributed by atoms with Gasteiger partial charge in [0.1, 0.15) is 29.0 Å². The number of hydrogen-bond acceptors (Lipinski definition) is 4. The van der Waals surface area contributed by atoms with Gasteiger partial charge in [0, 0.05) is 24.7 Å². The Hall–Kier alpha value is -2.48. The topological polar surface area (TPSA) is 49.2 Å². The van der Waals surface area contributed by atoms with E-state index < -0.39 is 6.36 Å². The Morgan fingerprint density at radius 2 is 1.83 bits per heavy atom. The molecule has 0 atom stereocenters. The lowest BCUT2D eigenvalue weighted by Crippen LogP contribution is -2.16. The van der Waals surface area contributed by atoms with Crippen molar-refractivity contribution in [1.82, 2.24) is 14.8 Å². The first-order valence-electron chi connectivity index (χ1n) is 6.77. The number of pyridine rings is 1. The number of alkyl halides is 3. The first kappa shape index (κ1) is 16.4. The molecule has 5 nitrogen and oxygen atoms in total. The fourth-order valence-corrected chi connectivity index (χ4v) is 2.35. The number of aryl methyl sites for hydroxylation is 1. The van der Waals surface area contributed by atoms with Crippen molar-refractivity contribution in [2.75, 3.05) is 0 Å². The van der Waals surface area contributed by atoms with E-state index in [0.29, 0.717) is 16.6 Å². The highest BCUT2D eigenvalue weighted by molar-refractivity contribution is 6.30. The summed E-state index contributed by atoms with van der Waals surface area (Å²) in [5.74, 6) is 0.0854. The molecule has 0 saturated carbocycles. The quantitative estimate of drug-likeness (QED) is 0.660. The van der Waals surface area contributed by atoms with Gasteiger partial charge in [-0.15, -0.1) is 13.2 Å². The van der Waals surface area contributed by atoms with Crippen LogP contribution < -0.4 is 9.47 Å². The smallest absolute Gasteiger partial charge is 0.487 e. The Bertz CT molecular complexity index is 863. The van der Waals surface area contributed by atoms with Crippen LogP contribution in [0.5, 0.6) is 11.5 Å². The molecule has 0 aliphatic rings. The second-order valence-corrected chi connectivity index (χ2v) is 5.29. The van der Waals surface area contributed by atoms with Gasteiger partial charge in [0.15, 0.2) is 0 Å². The predicted molar refractivity (Wildman–Crippen MR) is 81.0 cm³/mol. The zero-order valence-corrected chi connectivity index (χ0v) is 13.1. The van der Waals surface area contributed by atoms with Gasteiger partial charge in [-0.1, -0.05) is 11.6 Å². The predicted octanol–water partition coefficient (Wildman–Crippen LogP) is 4.10. The molecule has 0 unspecified atom stereocenters. The highest BCUT2D eigenvalue weighted by Crippen LogP contribution is 2.26. The van der Waals surface area contributed by atoms with Gasteiger partial charge in [0.2, 0.25) is 0 Å². The molecular formula is C15H11ClF3N3O2. The van der Waals surface area contributed by atoms with Gasteiger partial charge in [-0.05, 0) is 24.3 Å². The fourth-order valence-electron chi connectivity index (χ4n) is 2.19. The summed E-state index contributed by atoms with van der Waals surface area (Å²) in [5.41, 5.74) is 1.45. The molecule has 0 aliphatic heterocycles. The molecule has 0 spiro atoms. The third-order valence-electron chi connectivity index (χ3n) is 3.21. The molecule has 0 radical (unpaired) electrons. The van der Waals surface area contributed by atoms with Crippen molar-refractivity contribution in [3.8, 4) is 11.5 Å². The molecule has 0 aliphatic carbocycles. The minimum absolute atomic E-state index is 0.139. The molecule has 126 valence electrons. The molecule has 0 amide bonds. The van der Waals surface area contributed by atoms with Crippen LogP contribution in [0.25, 0.3) is 10.9 Å². The van der Waals surface area contributed by atoms with Crippen molar-refractivity contribution in [1.29, 1.82) is 0 Å². The summed E-state index contributed by atoms with van der Waals surface area (Å²) in [7, 11) is 1.77. The van der Waals surface area contributed by atoms with E-state index >= 15 is 0 Å². The molecule has 1 aromatic carbocycles. The molecule has 9 heteroatoms. The number of hydrogen-bond donors (Lipinski definition) is 0. The summed E-state index contributed by atoms with van der Waals surface area (Å²) >= 11 is 5.86. The maximum absolute atomic E-state index is 12.1. The summed E-state index contributed by atoms with van der Waals surface area (Å²) in [6, 6.07) is 6.83. The fraction of sp³-hybridized carbons (Fsp3) is 0.200. The van der Waals surface area contributed by atoms with E-state index in [0.717, 1.165) is 10.9 Å². The van der Waals surface area contributed by atoms with Crippen molar-refractivity contribution in [3.05, 3.63) is 47.4 Å². The van der Waals surface area contributed by atoms with Crippen molar-refractivity contribution in [2.45, 2.75) is 13.0 Å². The van der Waals surface area contributed by atoms with Gasteiger partial charge < -0.3 is 9.47 Å². The number of nitrogens with zero attached hydrogens (tertiary/aromatic N) is 3. The Balaban J connectivity index is 1.72. The molecule has 0 fully saturated rings.